The van der Waals surface area contributed by atoms with E-state index in [2.05, 4.69) is 14.7 Å². The number of esters is 1. The Balaban J connectivity index is 2.77. The molecule has 0 atom stereocenters. The van der Waals surface area contributed by atoms with Gasteiger partial charge in [-0.05, 0) is 37.1 Å². The lowest BCUT2D eigenvalue weighted by Crippen LogP contribution is -2.20. The molecule has 0 aliphatic carbocycles. The number of rotatable bonds is 6. The first kappa shape index (κ1) is 19.8. The van der Waals surface area contributed by atoms with Gasteiger partial charge in [0.2, 0.25) is 16.0 Å². The molecule has 0 radical (unpaired) electrons. The molecule has 0 unspecified atom stereocenters. The van der Waals surface area contributed by atoms with Crippen LogP contribution in [0.15, 0.2) is 24.3 Å². The van der Waals surface area contributed by atoms with Gasteiger partial charge in [0.05, 0.1) is 24.3 Å². The van der Waals surface area contributed by atoms with Crippen LogP contribution in [0.5, 0.6) is 0 Å². The molecular weight excluding hydrogens is 361 g/mol. The highest BCUT2D eigenvalue weighted by Gasteiger charge is 2.25. The minimum atomic E-state index is -3.61. The molecule has 9 heteroatoms. The molecule has 0 bridgehead atoms. The minimum absolute atomic E-state index is 0.119. The molecule has 7 nitrogen and oxygen atoms in total. The summed E-state index contributed by atoms with van der Waals surface area (Å²) in [5, 5.41) is 0. The molecule has 1 aromatic heterocycles. The van der Waals surface area contributed by atoms with Gasteiger partial charge in [0.1, 0.15) is 11.4 Å². The predicted octanol–water partition coefficient (Wildman–Crippen LogP) is 2.95. The number of nitrogens with zero attached hydrogens (tertiary/aromatic N) is 2. The molecular formula is C17H20FN3O4S. The second-order valence-electron chi connectivity index (χ2n) is 5.81. The predicted molar refractivity (Wildman–Crippen MR) is 95.9 cm³/mol. The van der Waals surface area contributed by atoms with Crippen LogP contribution < -0.4 is 4.72 Å². The molecule has 0 fully saturated rings. The molecule has 1 heterocycles. The molecule has 26 heavy (non-hydrogen) atoms. The second-order valence-corrected chi connectivity index (χ2v) is 7.83. The maximum atomic E-state index is 13.3. The first-order valence-electron chi connectivity index (χ1n) is 7.95. The Morgan fingerprint density at radius 1 is 1.23 bits per heavy atom. The topological polar surface area (TPSA) is 98.2 Å². The zero-order chi connectivity index (χ0) is 19.5. The summed E-state index contributed by atoms with van der Waals surface area (Å²) in [7, 11) is -2.38. The van der Waals surface area contributed by atoms with E-state index in [1.165, 1.54) is 38.3 Å². The Labute approximate surface area is 151 Å². The first-order chi connectivity index (χ1) is 12.2. The van der Waals surface area contributed by atoms with Crippen molar-refractivity contribution in [3.8, 4) is 11.3 Å². The highest BCUT2D eigenvalue weighted by Crippen LogP contribution is 2.30. The minimum Gasteiger partial charge on any atom is -0.465 e. The number of nitrogens with one attached hydrogen (secondary N) is 1. The van der Waals surface area contributed by atoms with E-state index in [0.717, 1.165) is 0 Å². The maximum Gasteiger partial charge on any atom is 0.341 e. The Morgan fingerprint density at radius 2 is 1.85 bits per heavy atom. The van der Waals surface area contributed by atoms with Crippen molar-refractivity contribution in [3.63, 3.8) is 0 Å². The van der Waals surface area contributed by atoms with Crippen LogP contribution in [0.2, 0.25) is 0 Å². The van der Waals surface area contributed by atoms with Gasteiger partial charge >= 0.3 is 5.97 Å². The lowest BCUT2D eigenvalue weighted by molar-refractivity contribution is 0.0599. The molecule has 0 aliphatic heterocycles. The van der Waals surface area contributed by atoms with Crippen molar-refractivity contribution in [2.24, 2.45) is 0 Å². The molecule has 0 saturated heterocycles. The summed E-state index contributed by atoms with van der Waals surface area (Å²) in [6.07, 6.45) is 0. The van der Waals surface area contributed by atoms with Gasteiger partial charge in [-0.2, -0.15) is 0 Å². The fourth-order valence-corrected chi connectivity index (χ4v) is 2.79. The lowest BCUT2D eigenvalue weighted by atomic mass is 9.98. The van der Waals surface area contributed by atoms with E-state index in [4.69, 9.17) is 4.74 Å². The highest BCUT2D eigenvalue weighted by molar-refractivity contribution is 7.92. The first-order valence-corrected chi connectivity index (χ1v) is 9.60. The van der Waals surface area contributed by atoms with Crippen LogP contribution in [0.25, 0.3) is 11.3 Å². The van der Waals surface area contributed by atoms with E-state index in [1.54, 1.807) is 13.8 Å². The fraction of sp³-hybridized carbons (Fsp3) is 0.353. The summed E-state index contributed by atoms with van der Waals surface area (Å²) in [4.78, 5) is 20.7. The van der Waals surface area contributed by atoms with Crippen LogP contribution in [0.3, 0.4) is 0 Å². The van der Waals surface area contributed by atoms with Crippen molar-refractivity contribution in [2.75, 3.05) is 17.6 Å². The van der Waals surface area contributed by atoms with Gasteiger partial charge in [0, 0.05) is 5.56 Å². The van der Waals surface area contributed by atoms with Crippen molar-refractivity contribution in [1.82, 2.24) is 9.97 Å². The molecule has 0 saturated carbocycles. The molecule has 0 spiro atoms. The molecule has 0 amide bonds. The molecule has 140 valence electrons. The Bertz CT molecular complexity index is 912. The van der Waals surface area contributed by atoms with E-state index in [9.17, 15) is 17.6 Å². The van der Waals surface area contributed by atoms with Crippen LogP contribution in [-0.4, -0.2) is 37.2 Å². The molecule has 2 rings (SSSR count). The quantitative estimate of drug-likeness (QED) is 0.773. The number of carbonyl (C=O) groups is 1. The summed E-state index contributed by atoms with van der Waals surface area (Å²) in [5.74, 6) is -1.62. The number of anilines is 1. The van der Waals surface area contributed by atoms with Crippen LogP contribution in [0.4, 0.5) is 10.3 Å². The van der Waals surface area contributed by atoms with Crippen molar-refractivity contribution in [1.29, 1.82) is 0 Å². The van der Waals surface area contributed by atoms with E-state index < -0.39 is 21.8 Å². The number of hydrogen-bond donors (Lipinski definition) is 1. The van der Waals surface area contributed by atoms with E-state index in [0.29, 0.717) is 11.3 Å². The Hall–Kier alpha value is -2.55. The molecule has 1 aromatic carbocycles. The summed E-state index contributed by atoms with van der Waals surface area (Å²) in [6, 6.07) is 5.35. The van der Waals surface area contributed by atoms with Crippen LogP contribution in [0, 0.1) is 5.82 Å². The highest BCUT2D eigenvalue weighted by atomic mass is 32.2. The van der Waals surface area contributed by atoms with Crippen molar-refractivity contribution in [2.45, 2.75) is 26.7 Å². The van der Waals surface area contributed by atoms with E-state index >= 15 is 0 Å². The Kier molecular flexibility index (Phi) is 5.91. The van der Waals surface area contributed by atoms with Gasteiger partial charge in [-0.3, -0.25) is 4.72 Å². The largest absolute Gasteiger partial charge is 0.465 e. The van der Waals surface area contributed by atoms with Crippen molar-refractivity contribution < 1.29 is 22.3 Å². The zero-order valence-corrected chi connectivity index (χ0v) is 15.7. The summed E-state index contributed by atoms with van der Waals surface area (Å²) in [6.45, 7) is 5.10. The standard InChI is InChI=1S/C17H20FN3O4S/c1-5-26(23,24)21-17-19-14(10(2)3)13(16(22)25-4)15(20-17)11-6-8-12(18)9-7-11/h6-10H,5H2,1-4H3,(H,19,20,21). The maximum absolute atomic E-state index is 13.3. The summed E-state index contributed by atoms with van der Waals surface area (Å²) in [5.41, 5.74) is 1.06. The SMILES string of the molecule is CCS(=O)(=O)Nc1nc(-c2ccc(F)cc2)c(C(=O)OC)c(C(C)C)n1. The number of aromatic nitrogens is 2. The Morgan fingerprint density at radius 3 is 2.35 bits per heavy atom. The normalized spacial score (nSPS) is 11.5. The zero-order valence-electron chi connectivity index (χ0n) is 14.9. The number of benzene rings is 1. The van der Waals surface area contributed by atoms with Gasteiger partial charge < -0.3 is 4.74 Å². The monoisotopic (exact) mass is 381 g/mol. The van der Waals surface area contributed by atoms with Crippen molar-refractivity contribution in [3.05, 3.63) is 41.3 Å². The fourth-order valence-electron chi connectivity index (χ4n) is 2.27. The number of carbonyl (C=O) groups excluding carboxylic acids is 1. The number of methoxy groups -OCH3 is 1. The second kappa shape index (κ2) is 7.77. The number of halogens is 1. The number of sulfonamides is 1. The third-order valence-electron chi connectivity index (χ3n) is 3.62. The molecule has 2 aromatic rings. The van der Waals surface area contributed by atoms with Gasteiger partial charge in [-0.1, -0.05) is 13.8 Å². The van der Waals surface area contributed by atoms with Gasteiger partial charge in [-0.25, -0.2) is 27.6 Å². The number of ether oxygens (including phenoxy) is 1. The summed E-state index contributed by atoms with van der Waals surface area (Å²) >= 11 is 0. The average molecular weight is 381 g/mol. The third kappa shape index (κ3) is 4.34. The van der Waals surface area contributed by atoms with E-state index in [-0.39, 0.29) is 28.9 Å². The van der Waals surface area contributed by atoms with Gasteiger partial charge in [0.25, 0.3) is 0 Å². The molecule has 1 N–H and O–H groups in total. The van der Waals surface area contributed by atoms with Gasteiger partial charge in [0.15, 0.2) is 0 Å². The van der Waals surface area contributed by atoms with Crippen LogP contribution in [-0.2, 0) is 14.8 Å². The summed E-state index contributed by atoms with van der Waals surface area (Å²) < 4.78 is 44.2. The lowest BCUT2D eigenvalue weighted by Gasteiger charge is -2.16. The average Bonchev–Trinajstić information content (AvgIpc) is 2.60. The van der Waals surface area contributed by atoms with Crippen LogP contribution >= 0.6 is 0 Å². The van der Waals surface area contributed by atoms with Gasteiger partial charge in [-0.15, -0.1) is 0 Å². The molecule has 0 aliphatic rings. The van der Waals surface area contributed by atoms with E-state index in [1.807, 2.05) is 0 Å². The number of hydrogen-bond acceptors (Lipinski definition) is 6. The third-order valence-corrected chi connectivity index (χ3v) is 4.87. The smallest absolute Gasteiger partial charge is 0.341 e. The van der Waals surface area contributed by atoms with Crippen molar-refractivity contribution >= 4 is 21.9 Å². The van der Waals surface area contributed by atoms with Crippen LogP contribution in [0.1, 0.15) is 42.7 Å².